The second kappa shape index (κ2) is 6.16. The fourth-order valence-corrected chi connectivity index (χ4v) is 1.99. The Bertz CT molecular complexity index is 411. The molecule has 2 N–H and O–H groups in total. The molecular weight excluding hydrogens is 244 g/mol. The normalized spacial score (nSPS) is 21.5. The Labute approximate surface area is 113 Å². The predicted octanol–water partition coefficient (Wildman–Crippen LogP) is 0.816. The first-order chi connectivity index (χ1) is 9.06. The van der Waals surface area contributed by atoms with Gasteiger partial charge in [-0.25, -0.2) is 0 Å². The van der Waals surface area contributed by atoms with Gasteiger partial charge >= 0.3 is 0 Å². The van der Waals surface area contributed by atoms with Crippen molar-refractivity contribution in [2.75, 3.05) is 24.6 Å². The SMILES string of the molecule is CC(C)Oc1cncc(N2CCOC(C(C)N)C2)n1. The van der Waals surface area contributed by atoms with E-state index in [0.717, 1.165) is 18.9 Å². The molecule has 106 valence electrons. The Hall–Kier alpha value is -1.40. The number of aromatic nitrogens is 2. The Kier molecular flexibility index (Phi) is 4.55. The van der Waals surface area contributed by atoms with Crippen LogP contribution >= 0.6 is 0 Å². The van der Waals surface area contributed by atoms with Crippen LogP contribution in [0.3, 0.4) is 0 Å². The summed E-state index contributed by atoms with van der Waals surface area (Å²) in [5, 5.41) is 0. The molecule has 0 aromatic carbocycles. The molecule has 2 heterocycles. The molecule has 2 atom stereocenters. The summed E-state index contributed by atoms with van der Waals surface area (Å²) in [6, 6.07) is 0.00542. The first-order valence-corrected chi connectivity index (χ1v) is 6.67. The maximum atomic E-state index is 5.89. The highest BCUT2D eigenvalue weighted by Crippen LogP contribution is 2.18. The summed E-state index contributed by atoms with van der Waals surface area (Å²) in [6.45, 7) is 8.08. The van der Waals surface area contributed by atoms with Crippen molar-refractivity contribution in [2.45, 2.75) is 39.0 Å². The molecule has 1 fully saturated rings. The van der Waals surface area contributed by atoms with Gasteiger partial charge in [0.2, 0.25) is 5.88 Å². The molecule has 0 radical (unpaired) electrons. The van der Waals surface area contributed by atoms with Gasteiger partial charge in [0, 0.05) is 19.1 Å². The van der Waals surface area contributed by atoms with Crippen molar-refractivity contribution in [3.63, 3.8) is 0 Å². The molecule has 1 aliphatic heterocycles. The van der Waals surface area contributed by atoms with Gasteiger partial charge in [0.1, 0.15) is 0 Å². The third kappa shape index (κ3) is 3.78. The van der Waals surface area contributed by atoms with E-state index in [1.165, 1.54) is 0 Å². The molecule has 0 spiro atoms. The quantitative estimate of drug-likeness (QED) is 0.869. The van der Waals surface area contributed by atoms with E-state index in [2.05, 4.69) is 14.9 Å². The topological polar surface area (TPSA) is 73.5 Å². The van der Waals surface area contributed by atoms with E-state index < -0.39 is 0 Å². The molecule has 1 aliphatic rings. The number of ether oxygens (including phenoxy) is 2. The molecule has 6 heteroatoms. The lowest BCUT2D eigenvalue weighted by Crippen LogP contribution is -2.49. The van der Waals surface area contributed by atoms with Gasteiger partial charge in [-0.1, -0.05) is 0 Å². The highest BCUT2D eigenvalue weighted by atomic mass is 16.5. The van der Waals surface area contributed by atoms with Crippen molar-refractivity contribution in [2.24, 2.45) is 5.73 Å². The summed E-state index contributed by atoms with van der Waals surface area (Å²) >= 11 is 0. The largest absolute Gasteiger partial charge is 0.474 e. The van der Waals surface area contributed by atoms with E-state index in [1.54, 1.807) is 12.4 Å². The number of hydrogen-bond donors (Lipinski definition) is 1. The highest BCUT2D eigenvalue weighted by Gasteiger charge is 2.24. The molecule has 2 rings (SSSR count). The van der Waals surface area contributed by atoms with Crippen LogP contribution in [0.2, 0.25) is 0 Å². The van der Waals surface area contributed by atoms with E-state index in [-0.39, 0.29) is 18.2 Å². The maximum Gasteiger partial charge on any atom is 0.234 e. The average Bonchev–Trinajstić information content (AvgIpc) is 2.38. The minimum atomic E-state index is 0.00542. The molecule has 2 unspecified atom stereocenters. The number of hydrogen-bond acceptors (Lipinski definition) is 6. The summed E-state index contributed by atoms with van der Waals surface area (Å²) in [6.07, 6.45) is 3.50. The summed E-state index contributed by atoms with van der Waals surface area (Å²) in [5.41, 5.74) is 5.89. The van der Waals surface area contributed by atoms with Gasteiger partial charge < -0.3 is 20.1 Å². The van der Waals surface area contributed by atoms with E-state index in [0.29, 0.717) is 12.5 Å². The van der Waals surface area contributed by atoms with Crippen LogP contribution in [-0.2, 0) is 4.74 Å². The zero-order chi connectivity index (χ0) is 13.8. The Morgan fingerprint density at radius 3 is 2.89 bits per heavy atom. The molecule has 19 heavy (non-hydrogen) atoms. The minimum absolute atomic E-state index is 0.00542. The molecule has 1 aromatic heterocycles. The Balaban J connectivity index is 2.08. The lowest BCUT2D eigenvalue weighted by Gasteiger charge is -2.35. The average molecular weight is 266 g/mol. The van der Waals surface area contributed by atoms with Crippen molar-refractivity contribution >= 4 is 5.82 Å². The second-order valence-electron chi connectivity index (χ2n) is 5.10. The third-order valence-electron chi connectivity index (χ3n) is 2.96. The van der Waals surface area contributed by atoms with Gasteiger partial charge in [-0.3, -0.25) is 4.98 Å². The van der Waals surface area contributed by atoms with E-state index in [1.807, 2.05) is 20.8 Å². The Morgan fingerprint density at radius 2 is 2.21 bits per heavy atom. The highest BCUT2D eigenvalue weighted by molar-refractivity contribution is 5.38. The minimum Gasteiger partial charge on any atom is -0.474 e. The predicted molar refractivity (Wildman–Crippen MR) is 73.4 cm³/mol. The van der Waals surface area contributed by atoms with Crippen molar-refractivity contribution in [3.8, 4) is 5.88 Å². The summed E-state index contributed by atoms with van der Waals surface area (Å²) < 4.78 is 11.2. The van der Waals surface area contributed by atoms with Crippen LogP contribution in [0.4, 0.5) is 5.82 Å². The first-order valence-electron chi connectivity index (χ1n) is 6.67. The van der Waals surface area contributed by atoms with Crippen LogP contribution in [0.1, 0.15) is 20.8 Å². The van der Waals surface area contributed by atoms with Crippen LogP contribution in [0, 0.1) is 0 Å². The van der Waals surface area contributed by atoms with Crippen LogP contribution < -0.4 is 15.4 Å². The summed E-state index contributed by atoms with van der Waals surface area (Å²) in [4.78, 5) is 10.8. The van der Waals surface area contributed by atoms with Crippen molar-refractivity contribution < 1.29 is 9.47 Å². The lowest BCUT2D eigenvalue weighted by atomic mass is 10.1. The number of rotatable bonds is 4. The Morgan fingerprint density at radius 1 is 1.42 bits per heavy atom. The van der Waals surface area contributed by atoms with Crippen molar-refractivity contribution in [1.82, 2.24) is 9.97 Å². The van der Waals surface area contributed by atoms with Crippen molar-refractivity contribution in [3.05, 3.63) is 12.4 Å². The van der Waals surface area contributed by atoms with E-state index in [9.17, 15) is 0 Å². The fourth-order valence-electron chi connectivity index (χ4n) is 1.99. The molecular formula is C13H22N4O2. The maximum absolute atomic E-state index is 5.89. The lowest BCUT2D eigenvalue weighted by molar-refractivity contribution is 0.0273. The first kappa shape index (κ1) is 14.0. The summed E-state index contributed by atoms with van der Waals surface area (Å²) in [7, 11) is 0. The van der Waals surface area contributed by atoms with Gasteiger partial charge in [0.05, 0.1) is 31.2 Å². The zero-order valence-electron chi connectivity index (χ0n) is 11.7. The van der Waals surface area contributed by atoms with Gasteiger partial charge in [-0.2, -0.15) is 4.98 Å². The number of nitrogens with zero attached hydrogens (tertiary/aromatic N) is 3. The van der Waals surface area contributed by atoms with E-state index >= 15 is 0 Å². The summed E-state index contributed by atoms with van der Waals surface area (Å²) in [5.74, 6) is 1.36. The molecule has 0 aliphatic carbocycles. The van der Waals surface area contributed by atoms with Crippen LogP contribution in [0.15, 0.2) is 12.4 Å². The molecule has 0 saturated carbocycles. The van der Waals surface area contributed by atoms with Crippen LogP contribution in [0.5, 0.6) is 5.88 Å². The smallest absolute Gasteiger partial charge is 0.234 e. The van der Waals surface area contributed by atoms with Gasteiger partial charge in [0.15, 0.2) is 5.82 Å². The van der Waals surface area contributed by atoms with Crippen LogP contribution in [0.25, 0.3) is 0 Å². The molecule has 6 nitrogen and oxygen atoms in total. The molecule has 0 amide bonds. The van der Waals surface area contributed by atoms with E-state index in [4.69, 9.17) is 15.2 Å². The standard InChI is InChI=1S/C13H22N4O2/c1-9(2)19-13-7-15-6-12(16-13)17-4-5-18-11(8-17)10(3)14/h6-7,9-11H,4-5,8,14H2,1-3H3. The van der Waals surface area contributed by atoms with Gasteiger partial charge in [-0.15, -0.1) is 0 Å². The second-order valence-corrected chi connectivity index (χ2v) is 5.10. The van der Waals surface area contributed by atoms with Gasteiger partial charge in [-0.05, 0) is 20.8 Å². The number of nitrogens with two attached hydrogens (primary N) is 1. The third-order valence-corrected chi connectivity index (χ3v) is 2.96. The number of morpholine rings is 1. The van der Waals surface area contributed by atoms with Crippen LogP contribution in [-0.4, -0.2) is 47.9 Å². The molecule has 0 bridgehead atoms. The molecule has 1 saturated heterocycles. The fraction of sp³-hybridized carbons (Fsp3) is 0.692. The monoisotopic (exact) mass is 266 g/mol. The molecule has 1 aromatic rings. The van der Waals surface area contributed by atoms with Gasteiger partial charge in [0.25, 0.3) is 0 Å². The van der Waals surface area contributed by atoms with Crippen molar-refractivity contribution in [1.29, 1.82) is 0 Å². The zero-order valence-corrected chi connectivity index (χ0v) is 11.7. The number of anilines is 1.